The maximum Gasteiger partial charge on any atom is 0.239 e. The third-order valence-electron chi connectivity index (χ3n) is 3.00. The predicted octanol–water partition coefficient (Wildman–Crippen LogP) is 2.18. The molecular formula is C16H22ClFN2O3. The maximum atomic E-state index is 13.4. The Hall–Kier alpha value is -1.66. The molecule has 0 spiro atoms. The Kier molecular flexibility index (Phi) is 6.97. The van der Waals surface area contributed by atoms with Crippen LogP contribution in [0.4, 0.5) is 4.39 Å². The number of aliphatic hydroxyl groups excluding tert-OH is 1. The van der Waals surface area contributed by atoms with Crippen molar-refractivity contribution >= 4 is 23.4 Å². The fourth-order valence-corrected chi connectivity index (χ4v) is 2.05. The SMILES string of the molecule is CC(C)(C)CC(=O)NCC(=O)NC(CO)c1ccc(Cl)c(F)c1. The molecule has 0 heterocycles. The number of aliphatic hydroxyl groups is 1. The average molecular weight is 345 g/mol. The van der Waals surface area contributed by atoms with Crippen LogP contribution in [-0.4, -0.2) is 30.1 Å². The van der Waals surface area contributed by atoms with Crippen molar-refractivity contribution in [2.75, 3.05) is 13.2 Å². The van der Waals surface area contributed by atoms with Gasteiger partial charge in [0.15, 0.2) is 0 Å². The second-order valence-corrected chi connectivity index (χ2v) is 6.90. The van der Waals surface area contributed by atoms with Crippen LogP contribution in [0.5, 0.6) is 0 Å². The first kappa shape index (κ1) is 19.4. The van der Waals surface area contributed by atoms with Gasteiger partial charge in [-0.25, -0.2) is 4.39 Å². The molecule has 0 fully saturated rings. The molecule has 0 radical (unpaired) electrons. The smallest absolute Gasteiger partial charge is 0.239 e. The largest absolute Gasteiger partial charge is 0.394 e. The summed E-state index contributed by atoms with van der Waals surface area (Å²) >= 11 is 5.60. The molecule has 1 aromatic carbocycles. The van der Waals surface area contributed by atoms with Crippen LogP contribution in [0.1, 0.15) is 38.8 Å². The molecule has 0 aliphatic heterocycles. The zero-order valence-electron chi connectivity index (χ0n) is 13.5. The van der Waals surface area contributed by atoms with E-state index in [1.54, 1.807) is 0 Å². The fraction of sp³-hybridized carbons (Fsp3) is 0.500. The van der Waals surface area contributed by atoms with Gasteiger partial charge in [0, 0.05) is 6.42 Å². The lowest BCUT2D eigenvalue weighted by Gasteiger charge is -2.19. The van der Waals surface area contributed by atoms with Crippen molar-refractivity contribution in [2.45, 2.75) is 33.2 Å². The van der Waals surface area contributed by atoms with E-state index in [4.69, 9.17) is 11.6 Å². The molecule has 0 bridgehead atoms. The summed E-state index contributed by atoms with van der Waals surface area (Å²) in [6, 6.07) is 3.26. The van der Waals surface area contributed by atoms with E-state index in [2.05, 4.69) is 10.6 Å². The highest BCUT2D eigenvalue weighted by molar-refractivity contribution is 6.30. The summed E-state index contributed by atoms with van der Waals surface area (Å²) in [4.78, 5) is 23.5. The van der Waals surface area contributed by atoms with Gasteiger partial charge >= 0.3 is 0 Å². The molecule has 2 amide bonds. The average Bonchev–Trinajstić information content (AvgIpc) is 2.44. The molecule has 0 saturated carbocycles. The van der Waals surface area contributed by atoms with Gasteiger partial charge < -0.3 is 15.7 Å². The van der Waals surface area contributed by atoms with Gasteiger partial charge in [-0.15, -0.1) is 0 Å². The first-order chi connectivity index (χ1) is 10.6. The van der Waals surface area contributed by atoms with Gasteiger partial charge in [-0.1, -0.05) is 38.4 Å². The molecule has 1 unspecified atom stereocenters. The van der Waals surface area contributed by atoms with E-state index in [1.165, 1.54) is 12.1 Å². The zero-order valence-corrected chi connectivity index (χ0v) is 14.2. The molecule has 5 nitrogen and oxygen atoms in total. The predicted molar refractivity (Wildman–Crippen MR) is 86.5 cm³/mol. The van der Waals surface area contributed by atoms with Crippen LogP contribution in [0, 0.1) is 11.2 Å². The minimum atomic E-state index is -0.770. The van der Waals surface area contributed by atoms with Gasteiger partial charge in [0.05, 0.1) is 24.2 Å². The third kappa shape index (κ3) is 6.97. The van der Waals surface area contributed by atoms with Crippen molar-refractivity contribution in [1.82, 2.24) is 10.6 Å². The van der Waals surface area contributed by atoms with E-state index in [0.717, 1.165) is 6.07 Å². The first-order valence-corrected chi connectivity index (χ1v) is 7.62. The Morgan fingerprint density at radius 1 is 1.30 bits per heavy atom. The topological polar surface area (TPSA) is 78.4 Å². The normalized spacial score (nSPS) is 12.6. The van der Waals surface area contributed by atoms with E-state index >= 15 is 0 Å². The van der Waals surface area contributed by atoms with Crippen LogP contribution in [0.2, 0.25) is 5.02 Å². The van der Waals surface area contributed by atoms with Crippen molar-refractivity contribution in [3.05, 3.63) is 34.6 Å². The van der Waals surface area contributed by atoms with E-state index < -0.39 is 24.4 Å². The second-order valence-electron chi connectivity index (χ2n) is 6.49. The van der Waals surface area contributed by atoms with Crippen molar-refractivity contribution in [3.63, 3.8) is 0 Å². The zero-order chi connectivity index (χ0) is 17.6. The second kappa shape index (κ2) is 8.26. The van der Waals surface area contributed by atoms with Crippen LogP contribution in [0.3, 0.4) is 0 Å². The summed E-state index contributed by atoms with van der Waals surface area (Å²) in [6.45, 7) is 5.15. The van der Waals surface area contributed by atoms with Gasteiger partial charge in [-0.3, -0.25) is 9.59 Å². The quantitative estimate of drug-likeness (QED) is 0.740. The minimum absolute atomic E-state index is 0.0359. The van der Waals surface area contributed by atoms with Crippen LogP contribution in [-0.2, 0) is 9.59 Å². The van der Waals surface area contributed by atoms with Crippen LogP contribution >= 0.6 is 11.6 Å². The molecule has 1 rings (SSSR count). The summed E-state index contributed by atoms with van der Waals surface area (Å²) in [7, 11) is 0. The van der Waals surface area contributed by atoms with Crippen LogP contribution in [0.15, 0.2) is 18.2 Å². The van der Waals surface area contributed by atoms with Gasteiger partial charge in [0.25, 0.3) is 0 Å². The van der Waals surface area contributed by atoms with Crippen LogP contribution < -0.4 is 10.6 Å². The molecule has 0 saturated heterocycles. The molecule has 23 heavy (non-hydrogen) atoms. The van der Waals surface area contributed by atoms with Crippen molar-refractivity contribution in [3.8, 4) is 0 Å². The monoisotopic (exact) mass is 344 g/mol. The number of carbonyl (C=O) groups is 2. The number of hydrogen-bond acceptors (Lipinski definition) is 3. The van der Waals surface area contributed by atoms with Crippen molar-refractivity contribution in [1.29, 1.82) is 0 Å². The van der Waals surface area contributed by atoms with Gasteiger partial charge in [-0.2, -0.15) is 0 Å². The Morgan fingerprint density at radius 3 is 2.48 bits per heavy atom. The molecule has 0 aliphatic carbocycles. The molecule has 7 heteroatoms. The van der Waals surface area contributed by atoms with Gasteiger partial charge in [-0.05, 0) is 23.1 Å². The molecular weight excluding hydrogens is 323 g/mol. The molecule has 1 aromatic rings. The fourth-order valence-electron chi connectivity index (χ4n) is 1.93. The molecule has 0 aromatic heterocycles. The Balaban J connectivity index is 2.57. The van der Waals surface area contributed by atoms with Crippen LogP contribution in [0.25, 0.3) is 0 Å². The molecule has 3 N–H and O–H groups in total. The Labute approximate surface area is 140 Å². The lowest BCUT2D eigenvalue weighted by Crippen LogP contribution is -2.40. The van der Waals surface area contributed by atoms with E-state index in [1.807, 2.05) is 20.8 Å². The highest BCUT2D eigenvalue weighted by Crippen LogP contribution is 2.20. The maximum absolute atomic E-state index is 13.4. The van der Waals surface area contributed by atoms with E-state index in [9.17, 15) is 19.1 Å². The summed E-state index contributed by atoms with van der Waals surface area (Å²) in [5.74, 6) is -1.33. The summed E-state index contributed by atoms with van der Waals surface area (Å²) < 4.78 is 13.4. The Morgan fingerprint density at radius 2 is 1.96 bits per heavy atom. The first-order valence-electron chi connectivity index (χ1n) is 7.24. The van der Waals surface area contributed by atoms with E-state index in [0.29, 0.717) is 12.0 Å². The number of benzene rings is 1. The van der Waals surface area contributed by atoms with E-state index in [-0.39, 0.29) is 22.9 Å². The van der Waals surface area contributed by atoms with Crippen molar-refractivity contribution < 1.29 is 19.1 Å². The minimum Gasteiger partial charge on any atom is -0.394 e. The lowest BCUT2D eigenvalue weighted by molar-refractivity contribution is -0.127. The van der Waals surface area contributed by atoms with Gasteiger partial charge in [0.2, 0.25) is 11.8 Å². The highest BCUT2D eigenvalue weighted by atomic mass is 35.5. The summed E-state index contributed by atoms with van der Waals surface area (Å²) in [5, 5.41) is 14.4. The summed E-state index contributed by atoms with van der Waals surface area (Å²) in [6.07, 6.45) is 0.298. The standard InChI is InChI=1S/C16H22ClFN2O3/c1-16(2,3)7-14(22)19-8-15(23)20-13(9-21)10-4-5-11(17)12(18)6-10/h4-6,13,21H,7-9H2,1-3H3,(H,19,22)(H,20,23). The number of rotatable bonds is 6. The number of carbonyl (C=O) groups excluding carboxylic acids is 2. The summed E-state index contributed by atoms with van der Waals surface area (Å²) in [5.41, 5.74) is 0.221. The third-order valence-corrected chi connectivity index (χ3v) is 3.31. The van der Waals surface area contributed by atoms with Crippen molar-refractivity contribution in [2.24, 2.45) is 5.41 Å². The van der Waals surface area contributed by atoms with Gasteiger partial charge in [0.1, 0.15) is 5.82 Å². The Bertz CT molecular complexity index is 573. The lowest BCUT2D eigenvalue weighted by atomic mass is 9.92. The molecule has 128 valence electrons. The number of hydrogen-bond donors (Lipinski definition) is 3. The highest BCUT2D eigenvalue weighted by Gasteiger charge is 2.18. The number of halogens is 2. The number of nitrogens with one attached hydrogen (secondary N) is 2. The molecule has 1 atom stereocenters. The molecule has 0 aliphatic rings. The number of amides is 2.